The van der Waals surface area contributed by atoms with Crippen molar-refractivity contribution in [3.63, 3.8) is 0 Å². The number of benzene rings is 1. The first-order valence-corrected chi connectivity index (χ1v) is 5.84. The standard InChI is InChI=1S/C13H20N2O2/c1-17-10-4-9-15-13(16)12-6-3-2-5-11(12)7-8-14/h2-3,5-6H,4,7-10,14H2,1H3,(H,15,16). The van der Waals surface area contributed by atoms with Crippen LogP contribution in [0.15, 0.2) is 24.3 Å². The van der Waals surface area contributed by atoms with E-state index < -0.39 is 0 Å². The second-order valence-corrected chi connectivity index (χ2v) is 3.80. The summed E-state index contributed by atoms with van der Waals surface area (Å²) >= 11 is 0. The summed E-state index contributed by atoms with van der Waals surface area (Å²) in [6.45, 7) is 1.84. The monoisotopic (exact) mass is 236 g/mol. The predicted molar refractivity (Wildman–Crippen MR) is 68.0 cm³/mol. The highest BCUT2D eigenvalue weighted by Crippen LogP contribution is 2.08. The predicted octanol–water partition coefficient (Wildman–Crippen LogP) is 0.954. The maximum absolute atomic E-state index is 11.9. The van der Waals surface area contributed by atoms with E-state index in [-0.39, 0.29) is 5.91 Å². The lowest BCUT2D eigenvalue weighted by Crippen LogP contribution is -2.26. The quantitative estimate of drug-likeness (QED) is 0.693. The fourth-order valence-electron chi connectivity index (χ4n) is 1.63. The van der Waals surface area contributed by atoms with Crippen LogP contribution in [0.1, 0.15) is 22.3 Å². The van der Waals surface area contributed by atoms with Crippen LogP contribution in [-0.2, 0) is 11.2 Å². The maximum Gasteiger partial charge on any atom is 0.251 e. The molecule has 3 N–H and O–H groups in total. The average molecular weight is 236 g/mol. The summed E-state index contributed by atoms with van der Waals surface area (Å²) in [4.78, 5) is 11.9. The van der Waals surface area contributed by atoms with Crippen molar-refractivity contribution >= 4 is 5.91 Å². The van der Waals surface area contributed by atoms with Crippen LogP contribution in [0.3, 0.4) is 0 Å². The van der Waals surface area contributed by atoms with Gasteiger partial charge in [0.05, 0.1) is 0 Å². The van der Waals surface area contributed by atoms with Crippen molar-refractivity contribution in [3.8, 4) is 0 Å². The van der Waals surface area contributed by atoms with Crippen molar-refractivity contribution in [2.45, 2.75) is 12.8 Å². The van der Waals surface area contributed by atoms with Gasteiger partial charge in [0.15, 0.2) is 0 Å². The van der Waals surface area contributed by atoms with Gasteiger partial charge in [0.1, 0.15) is 0 Å². The Kier molecular flexibility index (Phi) is 6.29. The highest BCUT2D eigenvalue weighted by atomic mass is 16.5. The fraction of sp³-hybridized carbons (Fsp3) is 0.462. The first-order chi connectivity index (χ1) is 8.29. The lowest BCUT2D eigenvalue weighted by atomic mass is 10.0. The molecule has 0 aliphatic heterocycles. The molecule has 0 radical (unpaired) electrons. The van der Waals surface area contributed by atoms with Gasteiger partial charge in [0.2, 0.25) is 0 Å². The van der Waals surface area contributed by atoms with Gasteiger partial charge in [-0.25, -0.2) is 0 Å². The first kappa shape index (κ1) is 13.7. The van der Waals surface area contributed by atoms with Crippen molar-refractivity contribution < 1.29 is 9.53 Å². The summed E-state index contributed by atoms with van der Waals surface area (Å²) in [7, 11) is 1.65. The van der Waals surface area contributed by atoms with E-state index in [1.807, 2.05) is 24.3 Å². The van der Waals surface area contributed by atoms with Crippen molar-refractivity contribution in [3.05, 3.63) is 35.4 Å². The number of methoxy groups -OCH3 is 1. The minimum absolute atomic E-state index is 0.0369. The van der Waals surface area contributed by atoms with Crippen LogP contribution in [0.25, 0.3) is 0 Å². The molecule has 0 aromatic heterocycles. The van der Waals surface area contributed by atoms with E-state index in [1.54, 1.807) is 7.11 Å². The Morgan fingerprint density at radius 1 is 1.41 bits per heavy atom. The molecule has 1 aromatic carbocycles. The number of carbonyl (C=O) groups excluding carboxylic acids is 1. The van der Waals surface area contributed by atoms with Crippen molar-refractivity contribution in [2.75, 3.05) is 26.8 Å². The van der Waals surface area contributed by atoms with Gasteiger partial charge in [-0.3, -0.25) is 4.79 Å². The Balaban J connectivity index is 2.55. The van der Waals surface area contributed by atoms with E-state index in [9.17, 15) is 4.79 Å². The minimum Gasteiger partial charge on any atom is -0.385 e. The zero-order valence-corrected chi connectivity index (χ0v) is 10.2. The number of nitrogens with two attached hydrogens (primary N) is 1. The molecule has 0 bridgehead atoms. The molecular weight excluding hydrogens is 216 g/mol. The van der Waals surface area contributed by atoms with E-state index in [0.29, 0.717) is 19.7 Å². The fourth-order valence-corrected chi connectivity index (χ4v) is 1.63. The molecule has 0 atom stereocenters. The third-order valence-electron chi connectivity index (χ3n) is 2.49. The van der Waals surface area contributed by atoms with Gasteiger partial charge in [-0.15, -0.1) is 0 Å². The summed E-state index contributed by atoms with van der Waals surface area (Å²) < 4.78 is 4.92. The number of hydrogen-bond acceptors (Lipinski definition) is 3. The first-order valence-electron chi connectivity index (χ1n) is 5.84. The third-order valence-corrected chi connectivity index (χ3v) is 2.49. The van der Waals surface area contributed by atoms with Gasteiger partial charge in [-0.05, 0) is 31.0 Å². The second-order valence-electron chi connectivity index (χ2n) is 3.80. The summed E-state index contributed by atoms with van der Waals surface area (Å²) in [5, 5.41) is 2.87. The number of rotatable bonds is 7. The van der Waals surface area contributed by atoms with Crippen LogP contribution < -0.4 is 11.1 Å². The molecule has 0 aliphatic carbocycles. The summed E-state index contributed by atoms with van der Waals surface area (Å²) in [5.74, 6) is -0.0369. The van der Waals surface area contributed by atoms with Gasteiger partial charge in [-0.1, -0.05) is 18.2 Å². The van der Waals surface area contributed by atoms with E-state index in [4.69, 9.17) is 10.5 Å². The Hall–Kier alpha value is -1.39. The van der Waals surface area contributed by atoms with Crippen molar-refractivity contribution in [1.29, 1.82) is 0 Å². The van der Waals surface area contributed by atoms with Crippen LogP contribution in [0, 0.1) is 0 Å². The zero-order valence-electron chi connectivity index (χ0n) is 10.2. The molecule has 0 saturated carbocycles. The molecule has 4 nitrogen and oxygen atoms in total. The lowest BCUT2D eigenvalue weighted by Gasteiger charge is -2.09. The Morgan fingerprint density at radius 2 is 2.18 bits per heavy atom. The highest BCUT2D eigenvalue weighted by Gasteiger charge is 2.09. The second kappa shape index (κ2) is 7.81. The largest absolute Gasteiger partial charge is 0.385 e. The van der Waals surface area contributed by atoms with Gasteiger partial charge in [-0.2, -0.15) is 0 Å². The molecular formula is C13H20N2O2. The number of carbonyl (C=O) groups is 1. The molecule has 0 spiro atoms. The SMILES string of the molecule is COCCCNC(=O)c1ccccc1CCN. The molecule has 1 aromatic rings. The van der Waals surface area contributed by atoms with Crippen LogP contribution >= 0.6 is 0 Å². The molecule has 0 unspecified atom stereocenters. The number of nitrogens with one attached hydrogen (secondary N) is 1. The normalized spacial score (nSPS) is 10.2. The summed E-state index contributed by atoms with van der Waals surface area (Å²) in [6.07, 6.45) is 1.54. The van der Waals surface area contributed by atoms with Crippen molar-refractivity contribution in [1.82, 2.24) is 5.32 Å². The molecule has 0 heterocycles. The average Bonchev–Trinajstić information content (AvgIpc) is 2.35. The number of hydrogen-bond donors (Lipinski definition) is 2. The molecule has 0 aliphatic rings. The molecule has 1 rings (SSSR count). The van der Waals surface area contributed by atoms with Gasteiger partial charge in [0.25, 0.3) is 5.91 Å². The summed E-state index contributed by atoms with van der Waals surface area (Å²) in [6, 6.07) is 7.56. The zero-order chi connectivity index (χ0) is 12.5. The Morgan fingerprint density at radius 3 is 2.88 bits per heavy atom. The molecule has 17 heavy (non-hydrogen) atoms. The van der Waals surface area contributed by atoms with E-state index in [0.717, 1.165) is 24.0 Å². The maximum atomic E-state index is 11.9. The third kappa shape index (κ3) is 4.54. The van der Waals surface area contributed by atoms with E-state index in [1.165, 1.54) is 0 Å². The van der Waals surface area contributed by atoms with Gasteiger partial charge in [0, 0.05) is 25.8 Å². The summed E-state index contributed by atoms with van der Waals surface area (Å²) in [5.41, 5.74) is 7.24. The Bertz CT molecular complexity index is 353. The highest BCUT2D eigenvalue weighted by molar-refractivity contribution is 5.95. The molecule has 4 heteroatoms. The smallest absolute Gasteiger partial charge is 0.251 e. The van der Waals surface area contributed by atoms with Crippen LogP contribution in [0.4, 0.5) is 0 Å². The Labute approximate surface area is 102 Å². The number of amides is 1. The van der Waals surface area contributed by atoms with Crippen molar-refractivity contribution in [2.24, 2.45) is 5.73 Å². The van der Waals surface area contributed by atoms with E-state index >= 15 is 0 Å². The molecule has 0 fully saturated rings. The lowest BCUT2D eigenvalue weighted by molar-refractivity contribution is 0.0947. The van der Waals surface area contributed by atoms with Crippen LogP contribution in [-0.4, -0.2) is 32.7 Å². The van der Waals surface area contributed by atoms with Gasteiger partial charge >= 0.3 is 0 Å². The molecule has 0 saturated heterocycles. The number of ether oxygens (including phenoxy) is 1. The molecule has 94 valence electrons. The topological polar surface area (TPSA) is 64.3 Å². The molecule has 1 amide bonds. The van der Waals surface area contributed by atoms with Crippen LogP contribution in [0.2, 0.25) is 0 Å². The minimum atomic E-state index is -0.0369. The van der Waals surface area contributed by atoms with Gasteiger partial charge < -0.3 is 15.8 Å². The van der Waals surface area contributed by atoms with Crippen LogP contribution in [0.5, 0.6) is 0 Å². The van der Waals surface area contributed by atoms with E-state index in [2.05, 4.69) is 5.32 Å².